The number of hydrogen-bond donors (Lipinski definition) is 0. The largest absolute Gasteiger partial charge is 0.496 e. The van der Waals surface area contributed by atoms with Gasteiger partial charge < -0.3 is 37.3 Å². The molecule has 47 heavy (non-hydrogen) atoms. The van der Waals surface area contributed by atoms with E-state index in [9.17, 15) is 0 Å². The lowest BCUT2D eigenvalue weighted by molar-refractivity contribution is 0.407. The zero-order chi connectivity index (χ0) is 32.9. The van der Waals surface area contributed by atoms with Gasteiger partial charge in [0.05, 0.1) is 64.2 Å². The fourth-order valence-electron chi connectivity index (χ4n) is 7.63. The molecule has 8 heteroatoms. The molecule has 2 aromatic heterocycles. The Labute approximate surface area is 270 Å². The third kappa shape index (κ3) is 3.64. The molecule has 0 aliphatic heterocycles. The summed E-state index contributed by atoms with van der Waals surface area (Å²) in [4.78, 5) is 0. The number of benzene rings is 6. The number of rotatable bonds is 6. The second-order valence-corrected chi connectivity index (χ2v) is 11.9. The first-order valence-corrected chi connectivity index (χ1v) is 15.3. The summed E-state index contributed by atoms with van der Waals surface area (Å²) in [6.45, 7) is 6.02. The van der Waals surface area contributed by atoms with Crippen LogP contribution >= 0.6 is 0 Å². The summed E-state index contributed by atoms with van der Waals surface area (Å²) in [5.41, 5.74) is 5.47. The van der Waals surface area contributed by atoms with Gasteiger partial charge in [0, 0.05) is 32.3 Å². The molecule has 6 aromatic carbocycles. The van der Waals surface area contributed by atoms with Crippen molar-refractivity contribution in [2.45, 2.75) is 20.8 Å². The highest BCUT2D eigenvalue weighted by atomic mass is 16.5. The summed E-state index contributed by atoms with van der Waals surface area (Å²) < 4.78 is 49.8. The maximum Gasteiger partial charge on any atom is 0.150 e. The molecule has 0 saturated carbocycles. The van der Waals surface area contributed by atoms with Gasteiger partial charge in [-0.3, -0.25) is 0 Å². The van der Waals surface area contributed by atoms with E-state index in [1.54, 1.807) is 42.7 Å². The van der Waals surface area contributed by atoms with Crippen molar-refractivity contribution in [3.8, 4) is 34.5 Å². The molecule has 238 valence electrons. The van der Waals surface area contributed by atoms with Crippen LogP contribution in [0.5, 0.6) is 34.5 Å². The lowest BCUT2D eigenvalue weighted by Gasteiger charge is -2.14. The van der Waals surface area contributed by atoms with Crippen LogP contribution < -0.4 is 28.4 Å². The number of furan rings is 2. The number of hydrogen-bond acceptors (Lipinski definition) is 8. The van der Waals surface area contributed by atoms with Crippen LogP contribution in [0.15, 0.2) is 51.3 Å². The molecule has 8 aromatic rings. The highest BCUT2D eigenvalue weighted by Gasteiger charge is 2.29. The normalized spacial score (nSPS) is 11.9. The minimum atomic E-state index is 0.621. The Bertz CT molecular complexity index is 2620. The summed E-state index contributed by atoms with van der Waals surface area (Å²) in [6, 6.07) is 14.2. The molecule has 8 nitrogen and oxygen atoms in total. The Morgan fingerprint density at radius 1 is 0.362 bits per heavy atom. The van der Waals surface area contributed by atoms with Crippen molar-refractivity contribution >= 4 is 76.2 Å². The van der Waals surface area contributed by atoms with Gasteiger partial charge in [0.2, 0.25) is 0 Å². The average Bonchev–Trinajstić information content (AvgIpc) is 3.66. The number of aryl methyl sites for hydroxylation is 3. The van der Waals surface area contributed by atoms with Crippen molar-refractivity contribution < 1.29 is 37.3 Å². The van der Waals surface area contributed by atoms with Crippen LogP contribution in [0, 0.1) is 20.8 Å². The van der Waals surface area contributed by atoms with Gasteiger partial charge in [0.1, 0.15) is 51.2 Å². The molecule has 0 aliphatic carbocycles. The van der Waals surface area contributed by atoms with E-state index in [0.29, 0.717) is 45.3 Å². The third-order valence-corrected chi connectivity index (χ3v) is 9.52. The highest BCUT2D eigenvalue weighted by molar-refractivity contribution is 6.38. The second-order valence-electron chi connectivity index (χ2n) is 11.9. The smallest absolute Gasteiger partial charge is 0.150 e. The lowest BCUT2D eigenvalue weighted by atomic mass is 9.94. The van der Waals surface area contributed by atoms with Crippen LogP contribution in [0.4, 0.5) is 0 Å². The zero-order valence-corrected chi connectivity index (χ0v) is 27.8. The van der Waals surface area contributed by atoms with E-state index in [-0.39, 0.29) is 0 Å². The van der Waals surface area contributed by atoms with Crippen LogP contribution in [0.25, 0.3) is 76.2 Å². The Hall–Kier alpha value is -5.50. The predicted molar refractivity (Wildman–Crippen MR) is 187 cm³/mol. The number of methoxy groups -OCH3 is 6. The van der Waals surface area contributed by atoms with Gasteiger partial charge in [-0.2, -0.15) is 0 Å². The first kappa shape index (κ1) is 28.9. The van der Waals surface area contributed by atoms with E-state index in [1.165, 1.54) is 0 Å². The Morgan fingerprint density at radius 2 is 0.745 bits per heavy atom. The SMILES string of the molecule is COc1c(C)cc(OC)c2c1ccc1c2oc2c3c(OC)cc(C)c(OC)c3c3c4ccc5c(OC)c(C)cc(OC)c5c4oc3c12. The molecule has 0 N–H and O–H groups in total. The molecule has 0 aliphatic rings. The molecule has 0 fully saturated rings. The van der Waals surface area contributed by atoms with E-state index in [2.05, 4.69) is 24.3 Å². The fraction of sp³-hybridized carbons (Fsp3) is 0.231. The molecular formula is C39H34O8. The topological polar surface area (TPSA) is 81.7 Å². The van der Waals surface area contributed by atoms with Gasteiger partial charge in [-0.15, -0.1) is 0 Å². The summed E-state index contributed by atoms with van der Waals surface area (Å²) in [5.74, 6) is 4.29. The molecule has 8 rings (SSSR count). The zero-order valence-electron chi connectivity index (χ0n) is 27.8. The van der Waals surface area contributed by atoms with Crippen molar-refractivity contribution in [1.82, 2.24) is 0 Å². The van der Waals surface area contributed by atoms with Gasteiger partial charge in [0.15, 0.2) is 5.58 Å². The summed E-state index contributed by atoms with van der Waals surface area (Å²) in [7, 11) is 10.1. The molecular weight excluding hydrogens is 596 g/mol. The second kappa shape index (κ2) is 10.3. The van der Waals surface area contributed by atoms with Gasteiger partial charge in [0.25, 0.3) is 0 Å². The number of fused-ring (bicyclic) bond motifs is 14. The Kier molecular flexibility index (Phi) is 6.31. The van der Waals surface area contributed by atoms with E-state index >= 15 is 0 Å². The van der Waals surface area contributed by atoms with Crippen LogP contribution in [-0.4, -0.2) is 42.7 Å². The molecule has 0 bridgehead atoms. The molecule has 0 saturated heterocycles. The van der Waals surface area contributed by atoms with Crippen molar-refractivity contribution in [3.05, 3.63) is 59.2 Å². The minimum absolute atomic E-state index is 0.621. The summed E-state index contributed by atoms with van der Waals surface area (Å²) in [5, 5.41) is 8.53. The minimum Gasteiger partial charge on any atom is -0.496 e. The van der Waals surface area contributed by atoms with Gasteiger partial charge in [-0.05, 0) is 79.9 Å². The van der Waals surface area contributed by atoms with Crippen LogP contribution in [0.2, 0.25) is 0 Å². The monoisotopic (exact) mass is 630 g/mol. The van der Waals surface area contributed by atoms with Crippen molar-refractivity contribution in [3.63, 3.8) is 0 Å². The lowest BCUT2D eigenvalue weighted by Crippen LogP contribution is -1.94. The highest BCUT2D eigenvalue weighted by Crippen LogP contribution is 2.54. The maximum absolute atomic E-state index is 7.03. The average molecular weight is 631 g/mol. The Balaban J connectivity index is 1.72. The molecule has 0 unspecified atom stereocenters. The first-order valence-electron chi connectivity index (χ1n) is 15.3. The van der Waals surface area contributed by atoms with E-state index in [0.717, 1.165) is 82.1 Å². The van der Waals surface area contributed by atoms with Crippen molar-refractivity contribution in [2.75, 3.05) is 42.7 Å². The fourth-order valence-corrected chi connectivity index (χ4v) is 7.63. The molecule has 2 heterocycles. The van der Waals surface area contributed by atoms with Crippen molar-refractivity contribution in [2.24, 2.45) is 0 Å². The maximum atomic E-state index is 7.03. The summed E-state index contributed by atoms with van der Waals surface area (Å²) >= 11 is 0. The molecule has 0 radical (unpaired) electrons. The molecule has 0 spiro atoms. The van der Waals surface area contributed by atoms with Crippen molar-refractivity contribution in [1.29, 1.82) is 0 Å². The predicted octanol–water partition coefficient (Wildman–Crippen LogP) is 9.92. The van der Waals surface area contributed by atoms with Gasteiger partial charge in [-0.25, -0.2) is 0 Å². The summed E-state index contributed by atoms with van der Waals surface area (Å²) in [6.07, 6.45) is 0. The standard InChI is InChI=1S/C39H34O8/c1-17-14-24(40-4)27-20(33(17)43-7)10-12-22-29-32-31(26(42-6)16-19(3)35(32)45-9)39-30(38(29)46-36(22)27)23-13-11-21-28(37(23)47-39)25(41-5)15-18(2)34(21)44-8/h10-16H,1-9H3. The Morgan fingerprint density at radius 3 is 1.19 bits per heavy atom. The van der Waals surface area contributed by atoms with E-state index < -0.39 is 0 Å². The van der Waals surface area contributed by atoms with Crippen LogP contribution in [0.1, 0.15) is 16.7 Å². The van der Waals surface area contributed by atoms with Crippen LogP contribution in [-0.2, 0) is 0 Å². The number of ether oxygens (including phenoxy) is 6. The molecule has 0 atom stereocenters. The first-order chi connectivity index (χ1) is 22.8. The third-order valence-electron chi connectivity index (χ3n) is 9.52. The van der Waals surface area contributed by atoms with Gasteiger partial charge >= 0.3 is 0 Å². The molecule has 0 amide bonds. The quantitative estimate of drug-likeness (QED) is 0.180. The van der Waals surface area contributed by atoms with E-state index in [4.69, 9.17) is 37.3 Å². The van der Waals surface area contributed by atoms with Crippen LogP contribution in [0.3, 0.4) is 0 Å². The van der Waals surface area contributed by atoms with Gasteiger partial charge in [-0.1, -0.05) is 0 Å². The van der Waals surface area contributed by atoms with E-state index in [1.807, 2.05) is 39.0 Å².